The van der Waals surface area contributed by atoms with Crippen molar-refractivity contribution in [1.29, 1.82) is 0 Å². The van der Waals surface area contributed by atoms with Crippen LogP contribution in [-0.2, 0) is 4.43 Å². The Morgan fingerprint density at radius 2 is 1.19 bits per heavy atom. The van der Waals surface area contributed by atoms with Crippen molar-refractivity contribution in [2.75, 3.05) is 6.61 Å². The number of hydrogen-bond donors (Lipinski definition) is 0. The van der Waals surface area contributed by atoms with Gasteiger partial charge in [0.25, 0.3) is 8.32 Å². The van der Waals surface area contributed by atoms with E-state index in [0.29, 0.717) is 5.92 Å². The first-order valence-corrected chi connectivity index (χ1v) is 14.4. The fourth-order valence-electron chi connectivity index (χ4n) is 5.88. The molecule has 166 valence electrons. The Morgan fingerprint density at radius 3 is 1.68 bits per heavy atom. The van der Waals surface area contributed by atoms with Crippen LogP contribution in [-0.4, -0.2) is 14.9 Å². The van der Waals surface area contributed by atoms with Gasteiger partial charge in [-0.1, -0.05) is 99.0 Å². The summed E-state index contributed by atoms with van der Waals surface area (Å²) in [5.74, 6) is 0.689. The van der Waals surface area contributed by atoms with Crippen LogP contribution in [0.2, 0.25) is 5.04 Å². The van der Waals surface area contributed by atoms with Crippen molar-refractivity contribution < 1.29 is 4.43 Å². The van der Waals surface area contributed by atoms with E-state index in [0.717, 1.165) is 6.61 Å². The smallest absolute Gasteiger partial charge is 0.261 e. The third-order valence-electron chi connectivity index (χ3n) is 7.62. The third kappa shape index (κ3) is 4.91. The lowest BCUT2D eigenvalue weighted by molar-refractivity contribution is 0.209. The van der Waals surface area contributed by atoms with Gasteiger partial charge in [-0.05, 0) is 72.7 Å². The van der Waals surface area contributed by atoms with E-state index in [1.165, 1.54) is 68.2 Å². The molecule has 0 radical (unpaired) electrons. The predicted molar refractivity (Wildman–Crippen MR) is 136 cm³/mol. The summed E-state index contributed by atoms with van der Waals surface area (Å²) < 4.78 is 7.21. The lowest BCUT2D eigenvalue weighted by Crippen LogP contribution is -2.66. The Labute approximate surface area is 191 Å². The van der Waals surface area contributed by atoms with Gasteiger partial charge in [-0.25, -0.2) is 0 Å². The molecule has 0 aromatic heterocycles. The van der Waals surface area contributed by atoms with Gasteiger partial charge in [0.15, 0.2) is 0 Å². The molecule has 2 aliphatic carbocycles. The first-order valence-electron chi connectivity index (χ1n) is 12.5. The molecule has 4 rings (SSSR count). The minimum atomic E-state index is -2.39. The summed E-state index contributed by atoms with van der Waals surface area (Å²) in [6.07, 6.45) is 12.2. The summed E-state index contributed by atoms with van der Waals surface area (Å²) in [5.41, 5.74) is 3.62. The Bertz CT molecular complexity index is 805. The highest BCUT2D eigenvalue weighted by Gasteiger charge is 2.50. The second-order valence-corrected chi connectivity index (χ2v) is 15.0. The molecule has 1 nitrogen and oxygen atoms in total. The van der Waals surface area contributed by atoms with E-state index >= 15 is 0 Å². The van der Waals surface area contributed by atoms with Gasteiger partial charge in [0, 0.05) is 6.61 Å². The van der Waals surface area contributed by atoms with Gasteiger partial charge in [-0.2, -0.15) is 0 Å². The van der Waals surface area contributed by atoms with Crippen LogP contribution < -0.4 is 10.4 Å². The largest absolute Gasteiger partial charge is 0.407 e. The fourth-order valence-corrected chi connectivity index (χ4v) is 10.5. The molecular weight excluding hydrogens is 392 g/mol. The van der Waals surface area contributed by atoms with E-state index in [-0.39, 0.29) is 5.04 Å². The SMILES string of the molecule is CC(C)(C)[Si](OCC1CCC(=C2CCCCC2)CC1)(c1ccccc1)c1ccccc1. The monoisotopic (exact) mass is 432 g/mol. The predicted octanol–water partition coefficient (Wildman–Crippen LogP) is 7.01. The zero-order valence-corrected chi connectivity index (χ0v) is 20.8. The van der Waals surface area contributed by atoms with Crippen molar-refractivity contribution in [3.05, 3.63) is 71.8 Å². The van der Waals surface area contributed by atoms with Crippen LogP contribution in [0.1, 0.15) is 78.6 Å². The first-order chi connectivity index (χ1) is 15.0. The molecule has 0 atom stereocenters. The molecule has 0 unspecified atom stereocenters. The van der Waals surface area contributed by atoms with Crippen LogP contribution in [0, 0.1) is 5.92 Å². The summed E-state index contributed by atoms with van der Waals surface area (Å²) in [6, 6.07) is 22.2. The molecule has 31 heavy (non-hydrogen) atoms. The van der Waals surface area contributed by atoms with Crippen LogP contribution in [0.15, 0.2) is 71.8 Å². The molecule has 0 N–H and O–H groups in total. The van der Waals surface area contributed by atoms with Crippen molar-refractivity contribution in [3.8, 4) is 0 Å². The van der Waals surface area contributed by atoms with Gasteiger partial charge in [-0.15, -0.1) is 0 Å². The van der Waals surface area contributed by atoms with Crippen LogP contribution in [0.3, 0.4) is 0 Å². The second-order valence-electron chi connectivity index (χ2n) is 10.7. The highest BCUT2D eigenvalue weighted by molar-refractivity contribution is 6.99. The van der Waals surface area contributed by atoms with E-state index in [4.69, 9.17) is 4.43 Å². The molecule has 0 saturated heterocycles. The Kier molecular flexibility index (Phi) is 7.18. The molecule has 0 amide bonds. The first kappa shape index (κ1) is 22.5. The number of benzene rings is 2. The Morgan fingerprint density at radius 1 is 0.710 bits per heavy atom. The fraction of sp³-hybridized carbons (Fsp3) is 0.517. The number of allylic oxidation sites excluding steroid dienone is 2. The molecule has 2 fully saturated rings. The van der Waals surface area contributed by atoms with E-state index in [1.807, 2.05) is 5.57 Å². The van der Waals surface area contributed by atoms with Gasteiger partial charge in [0.1, 0.15) is 0 Å². The van der Waals surface area contributed by atoms with Crippen LogP contribution in [0.25, 0.3) is 0 Å². The van der Waals surface area contributed by atoms with Crippen LogP contribution in [0.5, 0.6) is 0 Å². The van der Waals surface area contributed by atoms with Gasteiger partial charge in [-0.3, -0.25) is 0 Å². The highest BCUT2D eigenvalue weighted by atomic mass is 28.4. The highest BCUT2D eigenvalue weighted by Crippen LogP contribution is 2.39. The molecular formula is C29H40OSi. The molecule has 0 spiro atoms. The standard InChI is InChI=1S/C29H40OSi/c1-29(2,3)31(27-15-9-5-10-16-27,28-17-11-6-12-18-28)30-23-24-19-21-26(22-20-24)25-13-7-4-8-14-25/h5-6,9-12,15-18,24H,4,7-8,13-14,19-23H2,1-3H3. The van der Waals surface area contributed by atoms with E-state index in [1.54, 1.807) is 5.57 Å². The maximum absolute atomic E-state index is 7.21. The van der Waals surface area contributed by atoms with Crippen molar-refractivity contribution in [2.45, 2.75) is 83.6 Å². The molecule has 0 aliphatic heterocycles. The summed E-state index contributed by atoms with van der Waals surface area (Å²) in [7, 11) is -2.39. The third-order valence-corrected chi connectivity index (χ3v) is 12.6. The molecule has 0 heterocycles. The van der Waals surface area contributed by atoms with Crippen LogP contribution >= 0.6 is 0 Å². The topological polar surface area (TPSA) is 9.23 Å². The van der Waals surface area contributed by atoms with Gasteiger partial charge in [0.05, 0.1) is 0 Å². The number of rotatable bonds is 5. The lowest BCUT2D eigenvalue weighted by atomic mass is 9.80. The van der Waals surface area contributed by atoms with Gasteiger partial charge in [0.2, 0.25) is 0 Å². The van der Waals surface area contributed by atoms with E-state index < -0.39 is 8.32 Å². The second kappa shape index (κ2) is 9.88. The average Bonchev–Trinajstić information content (AvgIpc) is 2.81. The van der Waals surface area contributed by atoms with Gasteiger partial charge >= 0.3 is 0 Å². The normalized spacial score (nSPS) is 20.7. The zero-order valence-electron chi connectivity index (χ0n) is 19.8. The average molecular weight is 433 g/mol. The maximum Gasteiger partial charge on any atom is 0.261 e. The molecule has 2 aromatic carbocycles. The summed E-state index contributed by atoms with van der Waals surface area (Å²) in [6.45, 7) is 8.04. The van der Waals surface area contributed by atoms with E-state index in [9.17, 15) is 0 Å². The number of hydrogen-bond acceptors (Lipinski definition) is 1. The van der Waals surface area contributed by atoms with Crippen molar-refractivity contribution in [1.82, 2.24) is 0 Å². The van der Waals surface area contributed by atoms with Crippen LogP contribution in [0.4, 0.5) is 0 Å². The molecule has 0 bridgehead atoms. The molecule has 2 aromatic rings. The quantitative estimate of drug-likeness (QED) is 0.364. The summed E-state index contributed by atoms with van der Waals surface area (Å²) >= 11 is 0. The van der Waals surface area contributed by atoms with Crippen molar-refractivity contribution in [3.63, 3.8) is 0 Å². The maximum atomic E-state index is 7.21. The van der Waals surface area contributed by atoms with Crippen molar-refractivity contribution in [2.24, 2.45) is 5.92 Å². The minimum absolute atomic E-state index is 0.0691. The van der Waals surface area contributed by atoms with Crippen molar-refractivity contribution >= 4 is 18.7 Å². The summed E-state index contributed by atoms with van der Waals surface area (Å²) in [5, 5.41) is 2.86. The minimum Gasteiger partial charge on any atom is -0.407 e. The van der Waals surface area contributed by atoms with Gasteiger partial charge < -0.3 is 4.43 Å². The Hall–Kier alpha value is -1.64. The molecule has 2 saturated carbocycles. The lowest BCUT2D eigenvalue weighted by Gasteiger charge is -2.44. The zero-order chi connectivity index (χ0) is 21.7. The molecule has 2 heteroatoms. The molecule has 2 aliphatic rings. The summed E-state index contributed by atoms with van der Waals surface area (Å²) in [4.78, 5) is 0. The Balaban J connectivity index is 1.55. The van der Waals surface area contributed by atoms with E-state index in [2.05, 4.69) is 81.4 Å².